The van der Waals surface area contributed by atoms with Crippen molar-refractivity contribution >= 4 is 28.5 Å². The third kappa shape index (κ3) is 3.73. The summed E-state index contributed by atoms with van der Waals surface area (Å²) in [5.41, 5.74) is 0.723. The van der Waals surface area contributed by atoms with E-state index in [0.29, 0.717) is 12.4 Å². The van der Waals surface area contributed by atoms with E-state index in [4.69, 9.17) is 4.74 Å². The standard InChI is InChI=1S/C16H16IN3O2/c17-13-7-5-12(6-8-13)16(21)20-10-2-3-14(11-20)22-15-4-1-9-18-19-15/h1,4-9,14H,2-3,10-11H2. The Morgan fingerprint density at radius 2 is 2.09 bits per heavy atom. The van der Waals surface area contributed by atoms with Crippen molar-refractivity contribution in [2.75, 3.05) is 13.1 Å². The molecule has 114 valence electrons. The van der Waals surface area contributed by atoms with Crippen LogP contribution in [-0.4, -0.2) is 40.2 Å². The number of carbonyl (C=O) groups excluding carboxylic acids is 1. The third-order valence-corrected chi connectivity index (χ3v) is 4.31. The smallest absolute Gasteiger partial charge is 0.253 e. The summed E-state index contributed by atoms with van der Waals surface area (Å²) in [6.45, 7) is 1.35. The van der Waals surface area contributed by atoms with Crippen LogP contribution in [0, 0.1) is 3.57 Å². The molecule has 1 aromatic heterocycles. The summed E-state index contributed by atoms with van der Waals surface area (Å²) in [4.78, 5) is 14.4. The van der Waals surface area contributed by atoms with Crippen LogP contribution in [0.5, 0.6) is 5.88 Å². The van der Waals surface area contributed by atoms with E-state index >= 15 is 0 Å². The van der Waals surface area contributed by atoms with Crippen molar-refractivity contribution in [1.29, 1.82) is 0 Å². The first-order valence-corrected chi connectivity index (χ1v) is 8.29. The summed E-state index contributed by atoms with van der Waals surface area (Å²) in [6, 6.07) is 11.2. The Balaban J connectivity index is 1.65. The van der Waals surface area contributed by atoms with Crippen molar-refractivity contribution in [3.63, 3.8) is 0 Å². The van der Waals surface area contributed by atoms with Gasteiger partial charge in [-0.05, 0) is 65.8 Å². The lowest BCUT2D eigenvalue weighted by atomic mass is 10.1. The molecule has 0 bridgehead atoms. The molecule has 0 saturated carbocycles. The number of rotatable bonds is 3. The van der Waals surface area contributed by atoms with Crippen LogP contribution >= 0.6 is 22.6 Å². The molecule has 5 nitrogen and oxygen atoms in total. The summed E-state index contributed by atoms with van der Waals surface area (Å²) in [7, 11) is 0. The second-order valence-electron chi connectivity index (χ2n) is 5.20. The minimum absolute atomic E-state index is 0.0294. The van der Waals surface area contributed by atoms with Crippen molar-refractivity contribution in [2.24, 2.45) is 0 Å². The van der Waals surface area contributed by atoms with Crippen LogP contribution in [0.4, 0.5) is 0 Å². The van der Waals surface area contributed by atoms with Crippen LogP contribution in [0.15, 0.2) is 42.6 Å². The summed E-state index contributed by atoms with van der Waals surface area (Å²) < 4.78 is 6.94. The summed E-state index contributed by atoms with van der Waals surface area (Å²) in [5, 5.41) is 7.74. The van der Waals surface area contributed by atoms with E-state index in [2.05, 4.69) is 32.8 Å². The average molecular weight is 409 g/mol. The minimum Gasteiger partial charge on any atom is -0.471 e. The van der Waals surface area contributed by atoms with Gasteiger partial charge in [-0.15, -0.1) is 5.10 Å². The first kappa shape index (κ1) is 15.2. The molecule has 1 saturated heterocycles. The van der Waals surface area contributed by atoms with Crippen LogP contribution in [0.2, 0.25) is 0 Å². The molecule has 1 atom stereocenters. The van der Waals surface area contributed by atoms with E-state index in [0.717, 1.165) is 28.5 Å². The van der Waals surface area contributed by atoms with Gasteiger partial charge in [0.2, 0.25) is 5.88 Å². The molecule has 3 rings (SSSR count). The number of likely N-dealkylation sites (tertiary alicyclic amines) is 1. The van der Waals surface area contributed by atoms with Gasteiger partial charge in [-0.25, -0.2) is 0 Å². The predicted octanol–water partition coefficient (Wildman–Crippen LogP) is 2.76. The molecular formula is C16H16IN3O2. The van der Waals surface area contributed by atoms with Crippen LogP contribution in [-0.2, 0) is 0 Å². The maximum atomic E-state index is 12.5. The van der Waals surface area contributed by atoms with Gasteiger partial charge in [0.05, 0.1) is 6.54 Å². The zero-order valence-corrected chi connectivity index (χ0v) is 14.1. The molecule has 0 N–H and O–H groups in total. The molecule has 1 fully saturated rings. The van der Waals surface area contributed by atoms with Crippen LogP contribution in [0.3, 0.4) is 0 Å². The molecule has 1 aliphatic heterocycles. The van der Waals surface area contributed by atoms with E-state index in [-0.39, 0.29) is 12.0 Å². The van der Waals surface area contributed by atoms with E-state index in [1.54, 1.807) is 18.3 Å². The second-order valence-corrected chi connectivity index (χ2v) is 6.45. The Labute approximate surface area is 142 Å². The number of amides is 1. The molecule has 1 aromatic carbocycles. The largest absolute Gasteiger partial charge is 0.471 e. The van der Waals surface area contributed by atoms with Crippen LogP contribution in [0.1, 0.15) is 23.2 Å². The maximum absolute atomic E-state index is 12.5. The monoisotopic (exact) mass is 409 g/mol. The SMILES string of the molecule is O=C(c1ccc(I)cc1)N1CCCC(Oc2cccnn2)C1. The van der Waals surface area contributed by atoms with Gasteiger partial charge in [-0.2, -0.15) is 5.10 Å². The lowest BCUT2D eigenvalue weighted by Crippen LogP contribution is -2.44. The summed E-state index contributed by atoms with van der Waals surface area (Å²) >= 11 is 2.23. The van der Waals surface area contributed by atoms with E-state index in [1.165, 1.54) is 0 Å². The molecule has 0 aliphatic carbocycles. The predicted molar refractivity (Wildman–Crippen MR) is 90.7 cm³/mol. The van der Waals surface area contributed by atoms with Gasteiger partial charge >= 0.3 is 0 Å². The van der Waals surface area contributed by atoms with Crippen molar-refractivity contribution in [2.45, 2.75) is 18.9 Å². The fourth-order valence-electron chi connectivity index (χ4n) is 2.51. The first-order valence-electron chi connectivity index (χ1n) is 7.21. The number of aromatic nitrogens is 2. The number of piperidine rings is 1. The highest BCUT2D eigenvalue weighted by atomic mass is 127. The van der Waals surface area contributed by atoms with Crippen LogP contribution in [0.25, 0.3) is 0 Å². The molecule has 1 aliphatic rings. The fourth-order valence-corrected chi connectivity index (χ4v) is 2.87. The number of benzene rings is 1. The highest BCUT2D eigenvalue weighted by molar-refractivity contribution is 14.1. The molecule has 1 unspecified atom stereocenters. The van der Waals surface area contributed by atoms with E-state index in [9.17, 15) is 4.79 Å². The number of hydrogen-bond acceptors (Lipinski definition) is 4. The van der Waals surface area contributed by atoms with Crippen LogP contribution < -0.4 is 4.74 Å². The number of ether oxygens (including phenoxy) is 1. The van der Waals surface area contributed by atoms with E-state index < -0.39 is 0 Å². The quantitative estimate of drug-likeness (QED) is 0.732. The normalized spacial score (nSPS) is 18.0. The molecule has 6 heteroatoms. The van der Waals surface area contributed by atoms with Gasteiger partial charge in [-0.3, -0.25) is 4.79 Å². The Morgan fingerprint density at radius 1 is 1.27 bits per heavy atom. The summed E-state index contributed by atoms with van der Waals surface area (Å²) in [6.07, 6.45) is 3.44. The van der Waals surface area contributed by atoms with Gasteiger partial charge in [0.15, 0.2) is 0 Å². The van der Waals surface area contributed by atoms with E-state index in [1.807, 2.05) is 29.2 Å². The number of nitrogens with zero attached hydrogens (tertiary/aromatic N) is 3. The Bertz CT molecular complexity index is 634. The Morgan fingerprint density at radius 3 is 2.82 bits per heavy atom. The molecule has 0 radical (unpaired) electrons. The maximum Gasteiger partial charge on any atom is 0.253 e. The topological polar surface area (TPSA) is 55.3 Å². The third-order valence-electron chi connectivity index (χ3n) is 3.59. The summed E-state index contributed by atoms with van der Waals surface area (Å²) in [5.74, 6) is 0.569. The lowest BCUT2D eigenvalue weighted by Gasteiger charge is -2.32. The Hall–Kier alpha value is -1.70. The minimum atomic E-state index is -0.0294. The fraction of sp³-hybridized carbons (Fsp3) is 0.312. The van der Waals surface area contributed by atoms with Gasteiger partial charge in [-0.1, -0.05) is 0 Å². The van der Waals surface area contributed by atoms with Gasteiger partial charge < -0.3 is 9.64 Å². The van der Waals surface area contributed by atoms with Crippen molar-refractivity contribution in [1.82, 2.24) is 15.1 Å². The number of hydrogen-bond donors (Lipinski definition) is 0. The van der Waals surface area contributed by atoms with Crippen molar-refractivity contribution < 1.29 is 9.53 Å². The molecular weight excluding hydrogens is 393 g/mol. The van der Waals surface area contributed by atoms with Gasteiger partial charge in [0.1, 0.15) is 6.10 Å². The first-order chi connectivity index (χ1) is 10.7. The highest BCUT2D eigenvalue weighted by Gasteiger charge is 2.25. The molecule has 22 heavy (non-hydrogen) atoms. The number of halogens is 1. The molecule has 1 amide bonds. The zero-order valence-electron chi connectivity index (χ0n) is 12.0. The molecule has 2 aromatic rings. The number of carbonyl (C=O) groups is 1. The van der Waals surface area contributed by atoms with Gasteiger partial charge in [0.25, 0.3) is 5.91 Å². The zero-order chi connectivity index (χ0) is 15.4. The highest BCUT2D eigenvalue weighted by Crippen LogP contribution is 2.18. The molecule has 2 heterocycles. The van der Waals surface area contributed by atoms with Crippen molar-refractivity contribution in [3.8, 4) is 5.88 Å². The molecule has 0 spiro atoms. The van der Waals surface area contributed by atoms with Crippen molar-refractivity contribution in [3.05, 3.63) is 51.7 Å². The second kappa shape index (κ2) is 7.04. The average Bonchev–Trinajstić information content (AvgIpc) is 2.56. The Kier molecular flexibility index (Phi) is 4.87. The van der Waals surface area contributed by atoms with Gasteiger partial charge in [0, 0.05) is 27.9 Å². The lowest BCUT2D eigenvalue weighted by molar-refractivity contribution is 0.0525.